The minimum absolute atomic E-state index is 0.663. The van der Waals surface area contributed by atoms with E-state index in [-0.39, 0.29) is 0 Å². The largest absolute Gasteiger partial charge is 0.380 e. The average molecular weight is 163 g/mol. The molecule has 0 aromatic rings. The molecule has 0 spiro atoms. The fourth-order valence-corrected chi connectivity index (χ4v) is 3.11. The zero-order chi connectivity index (χ0) is 7.61. The lowest BCUT2D eigenvalue weighted by molar-refractivity contribution is 0.158. The van der Waals surface area contributed by atoms with Gasteiger partial charge in [0.2, 0.25) is 0 Å². The summed E-state index contributed by atoms with van der Waals surface area (Å²) in [6.07, 6.45) is 0. The van der Waals surface area contributed by atoms with Crippen LogP contribution >= 0.6 is 10.2 Å². The van der Waals surface area contributed by atoms with Crippen LogP contribution in [0.4, 0.5) is 0 Å². The molecule has 0 atom stereocenters. The first kappa shape index (κ1) is 8.37. The van der Waals surface area contributed by atoms with E-state index in [1.807, 2.05) is 0 Å². The molecular weight excluding hydrogens is 146 g/mol. The first-order valence-electron chi connectivity index (χ1n) is 3.78. The predicted octanol–water partition coefficient (Wildman–Crippen LogP) is 1.10. The van der Waals surface area contributed by atoms with Gasteiger partial charge in [-0.1, -0.05) is 13.8 Å². The molecule has 0 amide bonds. The maximum absolute atomic E-state index is 6.21. The van der Waals surface area contributed by atoms with Crippen LogP contribution in [0.1, 0.15) is 13.8 Å². The molecule has 1 rings (SSSR count). The minimum atomic E-state index is -0.782. The molecule has 1 aliphatic heterocycles. The normalized spacial score (nSPS) is 28.4. The Morgan fingerprint density at radius 1 is 1.30 bits per heavy atom. The van der Waals surface area contributed by atoms with Crippen LogP contribution in [0.25, 0.3) is 0 Å². The first-order chi connectivity index (χ1) is 4.65. The number of hydrogen-bond acceptors (Lipinski definition) is 2. The van der Waals surface area contributed by atoms with Gasteiger partial charge in [0.1, 0.15) is 0 Å². The average Bonchev–Trinajstić information content (AvgIpc) is 1.89. The number of rotatable bonds is 1. The predicted molar refractivity (Wildman–Crippen MR) is 47.5 cm³/mol. The summed E-state index contributed by atoms with van der Waals surface area (Å²) in [5, 5.41) is 6.87. The van der Waals surface area contributed by atoms with Gasteiger partial charge in [0, 0.05) is 11.5 Å². The third-order valence-electron chi connectivity index (χ3n) is 2.15. The summed E-state index contributed by atoms with van der Waals surface area (Å²) in [4.78, 5) is 0. The fourth-order valence-electron chi connectivity index (χ4n) is 1.10. The minimum Gasteiger partial charge on any atom is -0.380 e. The van der Waals surface area contributed by atoms with Gasteiger partial charge in [0.15, 0.2) is 0 Å². The lowest BCUT2D eigenvalue weighted by atomic mass is 10.6. The molecule has 1 fully saturated rings. The van der Waals surface area contributed by atoms with E-state index in [1.165, 1.54) is 0 Å². The van der Waals surface area contributed by atoms with Gasteiger partial charge >= 0.3 is 0 Å². The molecule has 0 bridgehead atoms. The van der Waals surface area contributed by atoms with Crippen molar-refractivity contribution < 1.29 is 4.74 Å². The third kappa shape index (κ3) is 1.65. The van der Waals surface area contributed by atoms with Crippen molar-refractivity contribution in [2.24, 2.45) is 5.14 Å². The van der Waals surface area contributed by atoms with E-state index in [0.29, 0.717) is 5.25 Å². The van der Waals surface area contributed by atoms with Crippen LogP contribution in [0.2, 0.25) is 0 Å². The lowest BCUT2D eigenvalue weighted by Crippen LogP contribution is -2.34. The van der Waals surface area contributed by atoms with Crippen LogP contribution in [0, 0.1) is 0 Å². The standard InChI is InChI=1S/C7H17NOS/c1-7(2)10(8)5-3-9-4-6-10/h7H,3-6,8H2,1-2H3. The molecule has 0 aromatic heterocycles. The highest BCUT2D eigenvalue weighted by atomic mass is 32.3. The zero-order valence-electron chi connectivity index (χ0n) is 6.80. The second kappa shape index (κ2) is 3.11. The maximum Gasteiger partial charge on any atom is 0.0553 e. The van der Waals surface area contributed by atoms with E-state index in [9.17, 15) is 0 Å². The van der Waals surface area contributed by atoms with Crippen LogP contribution in [-0.4, -0.2) is 30.0 Å². The smallest absolute Gasteiger partial charge is 0.0553 e. The van der Waals surface area contributed by atoms with Crippen molar-refractivity contribution >= 4 is 10.2 Å². The second-order valence-corrected chi connectivity index (χ2v) is 6.85. The SMILES string of the molecule is CC(C)S1(N)CCOCC1. The van der Waals surface area contributed by atoms with Gasteiger partial charge in [-0.05, 0) is 5.25 Å². The molecule has 2 nitrogen and oxygen atoms in total. The van der Waals surface area contributed by atoms with Gasteiger partial charge in [-0.25, -0.2) is 0 Å². The Kier molecular flexibility index (Phi) is 2.61. The number of nitrogens with two attached hydrogens (primary N) is 1. The molecule has 62 valence electrons. The van der Waals surface area contributed by atoms with Crippen LogP contribution in [0.5, 0.6) is 0 Å². The summed E-state index contributed by atoms with van der Waals surface area (Å²) >= 11 is 0. The maximum atomic E-state index is 6.21. The van der Waals surface area contributed by atoms with Crippen LogP contribution in [0.3, 0.4) is 0 Å². The van der Waals surface area contributed by atoms with Crippen molar-refractivity contribution in [3.05, 3.63) is 0 Å². The molecule has 0 aromatic carbocycles. The third-order valence-corrected chi connectivity index (χ3v) is 5.89. The van der Waals surface area contributed by atoms with E-state index in [0.717, 1.165) is 24.7 Å². The van der Waals surface area contributed by atoms with E-state index in [2.05, 4.69) is 13.8 Å². The fraction of sp³-hybridized carbons (Fsp3) is 1.00. The molecule has 10 heavy (non-hydrogen) atoms. The molecular formula is C7H17NOS. The summed E-state index contributed by atoms with van der Waals surface area (Å²) < 4.78 is 5.26. The van der Waals surface area contributed by atoms with Crippen LogP contribution in [0.15, 0.2) is 0 Å². The molecule has 3 heteroatoms. The molecule has 0 radical (unpaired) electrons. The Morgan fingerprint density at radius 2 is 1.80 bits per heavy atom. The quantitative estimate of drug-likeness (QED) is 0.628. The second-order valence-electron chi connectivity index (χ2n) is 3.08. The monoisotopic (exact) mass is 163 g/mol. The Hall–Kier alpha value is 0.270. The topological polar surface area (TPSA) is 35.2 Å². The summed E-state index contributed by atoms with van der Waals surface area (Å²) in [6.45, 7) is 6.20. The molecule has 1 aliphatic rings. The highest BCUT2D eigenvalue weighted by molar-refractivity contribution is 8.32. The highest BCUT2D eigenvalue weighted by Gasteiger charge is 2.25. The van der Waals surface area contributed by atoms with Gasteiger partial charge in [-0.2, -0.15) is 10.2 Å². The summed E-state index contributed by atoms with van der Waals surface area (Å²) in [7, 11) is -0.782. The van der Waals surface area contributed by atoms with Gasteiger partial charge in [0.25, 0.3) is 0 Å². The van der Waals surface area contributed by atoms with Crippen molar-refractivity contribution in [1.82, 2.24) is 0 Å². The van der Waals surface area contributed by atoms with E-state index in [1.54, 1.807) is 0 Å². The molecule has 1 saturated heterocycles. The molecule has 0 saturated carbocycles. The van der Waals surface area contributed by atoms with Gasteiger partial charge in [-0.15, -0.1) is 0 Å². The van der Waals surface area contributed by atoms with Gasteiger partial charge in [0.05, 0.1) is 13.2 Å². The van der Waals surface area contributed by atoms with Crippen molar-refractivity contribution in [2.75, 3.05) is 24.7 Å². The zero-order valence-corrected chi connectivity index (χ0v) is 7.62. The van der Waals surface area contributed by atoms with E-state index >= 15 is 0 Å². The van der Waals surface area contributed by atoms with Crippen molar-refractivity contribution in [1.29, 1.82) is 0 Å². The molecule has 0 unspecified atom stereocenters. The summed E-state index contributed by atoms with van der Waals surface area (Å²) in [5.41, 5.74) is 0. The highest BCUT2D eigenvalue weighted by Crippen LogP contribution is 2.45. The first-order valence-corrected chi connectivity index (χ1v) is 5.88. The number of hydrogen-bond donors (Lipinski definition) is 1. The summed E-state index contributed by atoms with van der Waals surface area (Å²) in [6, 6.07) is 0. The Balaban J connectivity index is 2.48. The van der Waals surface area contributed by atoms with Crippen molar-refractivity contribution in [3.8, 4) is 0 Å². The van der Waals surface area contributed by atoms with E-state index < -0.39 is 10.2 Å². The lowest BCUT2D eigenvalue weighted by Gasteiger charge is -2.42. The van der Waals surface area contributed by atoms with Gasteiger partial charge in [-0.3, -0.25) is 5.14 Å². The number of ether oxygens (including phenoxy) is 1. The van der Waals surface area contributed by atoms with Crippen LogP contribution in [-0.2, 0) is 4.74 Å². The summed E-state index contributed by atoms with van der Waals surface area (Å²) in [5.74, 6) is 2.20. The molecule has 1 heterocycles. The van der Waals surface area contributed by atoms with Crippen molar-refractivity contribution in [2.45, 2.75) is 19.1 Å². The molecule has 2 N–H and O–H groups in total. The van der Waals surface area contributed by atoms with E-state index in [4.69, 9.17) is 9.88 Å². The van der Waals surface area contributed by atoms with Gasteiger partial charge < -0.3 is 4.74 Å². The van der Waals surface area contributed by atoms with Crippen LogP contribution < -0.4 is 5.14 Å². The molecule has 0 aliphatic carbocycles. The Labute approximate surface area is 64.6 Å². The Morgan fingerprint density at radius 3 is 2.10 bits per heavy atom. The Bertz CT molecular complexity index is 110. The van der Waals surface area contributed by atoms with Crippen molar-refractivity contribution in [3.63, 3.8) is 0 Å².